The predicted molar refractivity (Wildman–Crippen MR) is 95.3 cm³/mol. The van der Waals surface area contributed by atoms with Crippen LogP contribution in [0.1, 0.15) is 10.6 Å². The molecule has 9 heteroatoms. The standard InChI is InChI=1S/C17H12ClFN2O4S/c18-11-7-8-13(14(10-11)20-17(22)15-5-3-9-25-15)21-26(23,24)16-6-2-1-4-12(16)19/h1-10,21H,(H,20,22). The number of benzene rings is 2. The SMILES string of the molecule is O=C(Nc1cc(Cl)ccc1NS(=O)(=O)c1ccccc1F)c1ccco1. The summed E-state index contributed by atoms with van der Waals surface area (Å²) in [5.41, 5.74) is 0.122. The number of halogens is 2. The maximum atomic E-state index is 13.8. The number of hydrogen-bond acceptors (Lipinski definition) is 4. The van der Waals surface area contributed by atoms with Crippen LogP contribution < -0.4 is 10.0 Å². The number of nitrogens with one attached hydrogen (secondary N) is 2. The number of anilines is 2. The Morgan fingerprint density at radius 2 is 1.81 bits per heavy atom. The Morgan fingerprint density at radius 3 is 2.50 bits per heavy atom. The minimum Gasteiger partial charge on any atom is -0.459 e. The summed E-state index contributed by atoms with van der Waals surface area (Å²) < 4.78 is 46.0. The quantitative estimate of drug-likeness (QED) is 0.681. The molecular formula is C17H12ClFN2O4S. The summed E-state index contributed by atoms with van der Waals surface area (Å²) in [5.74, 6) is -1.45. The molecule has 0 spiro atoms. The second kappa shape index (κ2) is 7.19. The molecule has 1 heterocycles. The molecule has 0 unspecified atom stereocenters. The largest absolute Gasteiger partial charge is 0.459 e. The summed E-state index contributed by atoms with van der Waals surface area (Å²) in [6.07, 6.45) is 1.33. The molecule has 6 nitrogen and oxygen atoms in total. The fourth-order valence-corrected chi connectivity index (χ4v) is 3.50. The summed E-state index contributed by atoms with van der Waals surface area (Å²) in [4.78, 5) is 11.6. The van der Waals surface area contributed by atoms with E-state index in [4.69, 9.17) is 16.0 Å². The van der Waals surface area contributed by atoms with Crippen LogP contribution >= 0.6 is 11.6 Å². The molecule has 2 aromatic carbocycles. The molecule has 0 atom stereocenters. The van der Waals surface area contributed by atoms with Gasteiger partial charge in [0.05, 0.1) is 17.6 Å². The number of hydrogen-bond donors (Lipinski definition) is 2. The molecule has 0 aliphatic rings. The third-order valence-corrected chi connectivity index (χ3v) is 4.98. The molecule has 0 bridgehead atoms. The van der Waals surface area contributed by atoms with E-state index in [2.05, 4.69) is 10.0 Å². The van der Waals surface area contributed by atoms with Crippen molar-refractivity contribution in [3.8, 4) is 0 Å². The summed E-state index contributed by atoms with van der Waals surface area (Å²) in [6.45, 7) is 0. The predicted octanol–water partition coefficient (Wildman–Crippen LogP) is 4.13. The van der Waals surface area contributed by atoms with Gasteiger partial charge in [-0.3, -0.25) is 9.52 Å². The van der Waals surface area contributed by atoms with Crippen molar-refractivity contribution in [2.75, 3.05) is 10.0 Å². The maximum absolute atomic E-state index is 13.8. The van der Waals surface area contributed by atoms with Crippen LogP contribution in [0, 0.1) is 5.82 Å². The van der Waals surface area contributed by atoms with Gasteiger partial charge in [-0.2, -0.15) is 0 Å². The molecule has 1 aromatic heterocycles. The van der Waals surface area contributed by atoms with Crippen LogP contribution in [-0.4, -0.2) is 14.3 Å². The van der Waals surface area contributed by atoms with Gasteiger partial charge >= 0.3 is 0 Å². The van der Waals surface area contributed by atoms with Crippen LogP contribution in [0.4, 0.5) is 15.8 Å². The van der Waals surface area contributed by atoms with E-state index in [9.17, 15) is 17.6 Å². The third-order valence-electron chi connectivity index (χ3n) is 3.35. The van der Waals surface area contributed by atoms with E-state index < -0.39 is 26.6 Å². The van der Waals surface area contributed by atoms with E-state index in [-0.39, 0.29) is 22.2 Å². The van der Waals surface area contributed by atoms with Crippen molar-refractivity contribution in [1.82, 2.24) is 0 Å². The Bertz CT molecular complexity index is 1050. The monoisotopic (exact) mass is 394 g/mol. The van der Waals surface area contributed by atoms with Gasteiger partial charge in [-0.1, -0.05) is 23.7 Å². The van der Waals surface area contributed by atoms with Gasteiger partial charge in [-0.05, 0) is 42.5 Å². The highest BCUT2D eigenvalue weighted by Crippen LogP contribution is 2.29. The first-order valence-corrected chi connectivity index (χ1v) is 9.15. The molecule has 0 aliphatic heterocycles. The van der Waals surface area contributed by atoms with E-state index in [1.54, 1.807) is 0 Å². The van der Waals surface area contributed by atoms with Crippen LogP contribution in [-0.2, 0) is 10.0 Å². The summed E-state index contributed by atoms with van der Waals surface area (Å²) in [5, 5.41) is 2.78. The van der Waals surface area contributed by atoms with Crippen LogP contribution in [0.5, 0.6) is 0 Å². The summed E-state index contributed by atoms with van der Waals surface area (Å²) >= 11 is 5.93. The Balaban J connectivity index is 1.93. The van der Waals surface area contributed by atoms with E-state index in [1.807, 2.05) is 0 Å². The molecular weight excluding hydrogens is 383 g/mol. The van der Waals surface area contributed by atoms with Gasteiger partial charge in [-0.15, -0.1) is 0 Å². The number of amides is 1. The van der Waals surface area contributed by atoms with Crippen LogP contribution in [0.2, 0.25) is 5.02 Å². The van der Waals surface area contributed by atoms with Crippen molar-refractivity contribution in [2.24, 2.45) is 0 Å². The van der Waals surface area contributed by atoms with Crippen molar-refractivity contribution < 1.29 is 22.0 Å². The fourth-order valence-electron chi connectivity index (χ4n) is 2.16. The molecule has 3 aromatic rings. The first-order chi connectivity index (χ1) is 12.4. The third kappa shape index (κ3) is 3.87. The first kappa shape index (κ1) is 18.0. The number of sulfonamides is 1. The van der Waals surface area contributed by atoms with Crippen LogP contribution in [0.3, 0.4) is 0 Å². The number of carbonyl (C=O) groups is 1. The van der Waals surface area contributed by atoms with E-state index in [1.165, 1.54) is 48.7 Å². The lowest BCUT2D eigenvalue weighted by Crippen LogP contribution is -2.17. The van der Waals surface area contributed by atoms with Crippen molar-refractivity contribution in [2.45, 2.75) is 4.90 Å². The lowest BCUT2D eigenvalue weighted by molar-refractivity contribution is 0.0996. The maximum Gasteiger partial charge on any atom is 0.291 e. The number of rotatable bonds is 5. The zero-order valence-electron chi connectivity index (χ0n) is 13.1. The van der Waals surface area contributed by atoms with Crippen LogP contribution in [0.15, 0.2) is 70.2 Å². The van der Waals surface area contributed by atoms with Gasteiger partial charge in [0.1, 0.15) is 10.7 Å². The molecule has 26 heavy (non-hydrogen) atoms. The molecule has 0 saturated heterocycles. The number of carbonyl (C=O) groups excluding carboxylic acids is 1. The van der Waals surface area contributed by atoms with E-state index >= 15 is 0 Å². The fraction of sp³-hybridized carbons (Fsp3) is 0. The highest BCUT2D eigenvalue weighted by atomic mass is 35.5. The summed E-state index contributed by atoms with van der Waals surface area (Å²) in [7, 11) is -4.21. The zero-order valence-corrected chi connectivity index (χ0v) is 14.6. The Labute approximate surface area is 153 Å². The average molecular weight is 395 g/mol. The van der Waals surface area contributed by atoms with Gasteiger partial charge in [0.25, 0.3) is 15.9 Å². The Hall–Kier alpha value is -2.84. The van der Waals surface area contributed by atoms with Crippen LogP contribution in [0.25, 0.3) is 0 Å². The molecule has 3 rings (SSSR count). The highest BCUT2D eigenvalue weighted by Gasteiger charge is 2.21. The van der Waals surface area contributed by atoms with Gasteiger partial charge in [0.15, 0.2) is 5.76 Å². The van der Waals surface area contributed by atoms with Gasteiger partial charge in [-0.25, -0.2) is 12.8 Å². The Kier molecular flexibility index (Phi) is 4.97. The average Bonchev–Trinajstić information content (AvgIpc) is 3.12. The molecule has 0 radical (unpaired) electrons. The lowest BCUT2D eigenvalue weighted by Gasteiger charge is -2.14. The molecule has 0 aliphatic carbocycles. The highest BCUT2D eigenvalue weighted by molar-refractivity contribution is 7.92. The molecule has 0 saturated carbocycles. The Morgan fingerprint density at radius 1 is 1.04 bits per heavy atom. The molecule has 2 N–H and O–H groups in total. The first-order valence-electron chi connectivity index (χ1n) is 7.28. The van der Waals surface area contributed by atoms with Gasteiger partial charge < -0.3 is 9.73 Å². The van der Waals surface area contributed by atoms with E-state index in [0.29, 0.717) is 0 Å². The summed E-state index contributed by atoms with van der Waals surface area (Å²) in [6, 6.07) is 12.1. The normalized spacial score (nSPS) is 11.2. The molecule has 1 amide bonds. The van der Waals surface area contributed by atoms with Crippen molar-refractivity contribution in [3.63, 3.8) is 0 Å². The molecule has 134 valence electrons. The van der Waals surface area contributed by atoms with Gasteiger partial charge in [0.2, 0.25) is 0 Å². The minimum absolute atomic E-state index is 0.0255. The number of furan rings is 1. The topological polar surface area (TPSA) is 88.4 Å². The second-order valence-electron chi connectivity index (χ2n) is 5.16. The minimum atomic E-state index is -4.21. The van der Waals surface area contributed by atoms with Crippen molar-refractivity contribution in [1.29, 1.82) is 0 Å². The molecule has 0 fully saturated rings. The second-order valence-corrected chi connectivity index (χ2v) is 7.24. The van der Waals surface area contributed by atoms with Gasteiger partial charge in [0, 0.05) is 5.02 Å². The van der Waals surface area contributed by atoms with Crippen molar-refractivity contribution in [3.05, 3.63) is 77.5 Å². The van der Waals surface area contributed by atoms with E-state index in [0.717, 1.165) is 12.1 Å². The lowest BCUT2D eigenvalue weighted by atomic mass is 10.2. The van der Waals surface area contributed by atoms with Crippen molar-refractivity contribution >= 4 is 38.9 Å². The smallest absolute Gasteiger partial charge is 0.291 e. The zero-order chi connectivity index (χ0) is 18.7.